The number of hydrogen-bond acceptors (Lipinski definition) is 2. The van der Waals surface area contributed by atoms with Crippen LogP contribution in [0.2, 0.25) is 0 Å². The Morgan fingerprint density at radius 3 is 2.59 bits per heavy atom. The van der Waals surface area contributed by atoms with Gasteiger partial charge in [0.05, 0.1) is 12.7 Å². The average molecular weight is 305 g/mol. The number of carbonyl (C=O) groups is 1. The Labute approximate surface area is 131 Å². The fourth-order valence-electron chi connectivity index (χ4n) is 3.50. The molecule has 0 spiro atoms. The minimum atomic E-state index is -0.227. The summed E-state index contributed by atoms with van der Waals surface area (Å²) in [5, 5.41) is 0. The molecule has 120 valence electrons. The van der Waals surface area contributed by atoms with E-state index in [4.69, 9.17) is 4.74 Å². The smallest absolute Gasteiger partial charge is 0.225 e. The second-order valence-electron chi connectivity index (χ2n) is 6.47. The number of piperidine rings is 1. The lowest BCUT2D eigenvalue weighted by Crippen LogP contribution is -2.45. The number of benzene rings is 1. The van der Waals surface area contributed by atoms with Gasteiger partial charge in [-0.2, -0.15) is 0 Å². The van der Waals surface area contributed by atoms with E-state index in [0.29, 0.717) is 19.1 Å². The Balaban J connectivity index is 1.49. The molecule has 1 saturated heterocycles. The van der Waals surface area contributed by atoms with E-state index >= 15 is 0 Å². The Kier molecular flexibility index (Phi) is 5.08. The average Bonchev–Trinajstić information content (AvgIpc) is 3.08. The van der Waals surface area contributed by atoms with Crippen molar-refractivity contribution in [3.63, 3.8) is 0 Å². The molecule has 0 bridgehead atoms. The Morgan fingerprint density at radius 1 is 1.14 bits per heavy atom. The second-order valence-corrected chi connectivity index (χ2v) is 6.47. The van der Waals surface area contributed by atoms with Crippen LogP contribution in [0.15, 0.2) is 24.3 Å². The molecular weight excluding hydrogens is 281 g/mol. The first-order valence-corrected chi connectivity index (χ1v) is 8.37. The standard InChI is InChI=1S/C18H24FNO2/c19-16-9-7-14(8-10-16)13-22-17-6-3-11-20(12-17)18(21)15-4-1-2-5-15/h7-10,15,17H,1-6,11-13H2. The molecule has 1 aliphatic heterocycles. The van der Waals surface area contributed by atoms with Crippen molar-refractivity contribution in [3.05, 3.63) is 35.6 Å². The quantitative estimate of drug-likeness (QED) is 0.852. The summed E-state index contributed by atoms with van der Waals surface area (Å²) in [6.07, 6.45) is 6.59. The summed E-state index contributed by atoms with van der Waals surface area (Å²) in [6, 6.07) is 6.41. The van der Waals surface area contributed by atoms with Gasteiger partial charge in [-0.25, -0.2) is 4.39 Å². The maximum absolute atomic E-state index is 12.9. The van der Waals surface area contributed by atoms with Crippen molar-refractivity contribution in [2.24, 2.45) is 5.92 Å². The van der Waals surface area contributed by atoms with Gasteiger partial charge in [-0.1, -0.05) is 25.0 Å². The third-order valence-corrected chi connectivity index (χ3v) is 4.79. The predicted molar refractivity (Wildman–Crippen MR) is 82.7 cm³/mol. The van der Waals surface area contributed by atoms with Gasteiger partial charge in [0.2, 0.25) is 5.91 Å². The topological polar surface area (TPSA) is 29.5 Å². The first kappa shape index (κ1) is 15.5. The summed E-state index contributed by atoms with van der Waals surface area (Å²) in [4.78, 5) is 14.5. The fraction of sp³-hybridized carbons (Fsp3) is 0.611. The molecule has 1 amide bonds. The summed E-state index contributed by atoms with van der Waals surface area (Å²) in [5.41, 5.74) is 0.973. The molecule has 4 heteroatoms. The van der Waals surface area contributed by atoms with Crippen LogP contribution in [-0.4, -0.2) is 30.0 Å². The van der Waals surface area contributed by atoms with Gasteiger partial charge in [0.15, 0.2) is 0 Å². The van der Waals surface area contributed by atoms with E-state index in [1.54, 1.807) is 12.1 Å². The van der Waals surface area contributed by atoms with Crippen molar-refractivity contribution in [1.29, 1.82) is 0 Å². The molecule has 0 radical (unpaired) electrons. The highest BCUT2D eigenvalue weighted by molar-refractivity contribution is 5.79. The van der Waals surface area contributed by atoms with Gasteiger partial charge in [-0.3, -0.25) is 4.79 Å². The maximum atomic E-state index is 12.9. The van der Waals surface area contributed by atoms with Crippen LogP contribution >= 0.6 is 0 Å². The highest BCUT2D eigenvalue weighted by Gasteiger charge is 2.30. The molecule has 1 heterocycles. The van der Waals surface area contributed by atoms with Crippen LogP contribution < -0.4 is 0 Å². The highest BCUT2D eigenvalue weighted by atomic mass is 19.1. The van der Waals surface area contributed by atoms with Gasteiger partial charge in [-0.05, 0) is 43.4 Å². The van der Waals surface area contributed by atoms with Gasteiger partial charge in [0, 0.05) is 19.0 Å². The van der Waals surface area contributed by atoms with Gasteiger partial charge in [0.1, 0.15) is 5.82 Å². The molecule has 3 rings (SSSR count). The highest BCUT2D eigenvalue weighted by Crippen LogP contribution is 2.28. The van der Waals surface area contributed by atoms with Crippen molar-refractivity contribution in [1.82, 2.24) is 4.90 Å². The van der Waals surface area contributed by atoms with Crippen molar-refractivity contribution in [3.8, 4) is 0 Å². The number of carbonyl (C=O) groups excluding carboxylic acids is 1. The molecule has 1 aromatic rings. The van der Waals surface area contributed by atoms with E-state index in [1.165, 1.54) is 25.0 Å². The third-order valence-electron chi connectivity index (χ3n) is 4.79. The maximum Gasteiger partial charge on any atom is 0.225 e. The van der Waals surface area contributed by atoms with Crippen LogP contribution in [0.1, 0.15) is 44.1 Å². The minimum Gasteiger partial charge on any atom is -0.372 e. The van der Waals surface area contributed by atoms with Gasteiger partial charge >= 0.3 is 0 Å². The SMILES string of the molecule is O=C(C1CCCC1)N1CCCC(OCc2ccc(F)cc2)C1. The fourth-order valence-corrected chi connectivity index (χ4v) is 3.50. The molecular formula is C18H24FNO2. The lowest BCUT2D eigenvalue weighted by molar-refractivity contribution is -0.139. The van der Waals surface area contributed by atoms with Gasteiger partial charge in [-0.15, -0.1) is 0 Å². The lowest BCUT2D eigenvalue weighted by atomic mass is 10.0. The van der Waals surface area contributed by atoms with Crippen molar-refractivity contribution in [2.45, 2.75) is 51.2 Å². The molecule has 1 aliphatic carbocycles. The lowest BCUT2D eigenvalue weighted by Gasteiger charge is -2.34. The Hall–Kier alpha value is -1.42. The normalized spacial score (nSPS) is 23.0. The minimum absolute atomic E-state index is 0.101. The molecule has 1 unspecified atom stereocenters. The largest absolute Gasteiger partial charge is 0.372 e. The van der Waals surface area contributed by atoms with Crippen LogP contribution in [0.4, 0.5) is 4.39 Å². The van der Waals surface area contributed by atoms with E-state index in [2.05, 4.69) is 0 Å². The predicted octanol–water partition coefficient (Wildman–Crippen LogP) is 3.52. The Morgan fingerprint density at radius 2 is 1.86 bits per heavy atom. The van der Waals surface area contributed by atoms with Crippen LogP contribution in [0.5, 0.6) is 0 Å². The molecule has 2 aliphatic rings. The molecule has 3 nitrogen and oxygen atoms in total. The van der Waals surface area contributed by atoms with Crippen molar-refractivity contribution in [2.75, 3.05) is 13.1 Å². The third kappa shape index (κ3) is 3.86. The number of hydrogen-bond donors (Lipinski definition) is 0. The van der Waals surface area contributed by atoms with E-state index in [-0.39, 0.29) is 17.8 Å². The number of halogens is 1. The summed E-state index contributed by atoms with van der Waals surface area (Å²) >= 11 is 0. The van der Waals surface area contributed by atoms with Crippen LogP contribution in [-0.2, 0) is 16.1 Å². The number of likely N-dealkylation sites (tertiary alicyclic amines) is 1. The molecule has 22 heavy (non-hydrogen) atoms. The van der Waals surface area contributed by atoms with Crippen molar-refractivity contribution < 1.29 is 13.9 Å². The number of rotatable bonds is 4. The van der Waals surface area contributed by atoms with Crippen molar-refractivity contribution >= 4 is 5.91 Å². The molecule has 2 fully saturated rings. The molecule has 1 saturated carbocycles. The second kappa shape index (κ2) is 7.23. The molecule has 0 aromatic heterocycles. The van der Waals surface area contributed by atoms with Crippen LogP contribution in [0.25, 0.3) is 0 Å². The summed E-state index contributed by atoms with van der Waals surface area (Å²) in [7, 11) is 0. The van der Waals surface area contributed by atoms with E-state index in [0.717, 1.165) is 37.8 Å². The Bertz CT molecular complexity index is 496. The zero-order valence-electron chi connectivity index (χ0n) is 13.0. The summed E-state index contributed by atoms with van der Waals surface area (Å²) in [5.74, 6) is 0.346. The zero-order chi connectivity index (χ0) is 15.4. The molecule has 1 atom stereocenters. The monoisotopic (exact) mass is 305 g/mol. The van der Waals surface area contributed by atoms with Gasteiger partial charge in [0.25, 0.3) is 0 Å². The van der Waals surface area contributed by atoms with E-state index in [1.807, 2.05) is 4.90 Å². The van der Waals surface area contributed by atoms with E-state index in [9.17, 15) is 9.18 Å². The number of ether oxygens (including phenoxy) is 1. The first-order chi connectivity index (χ1) is 10.7. The van der Waals surface area contributed by atoms with Crippen LogP contribution in [0.3, 0.4) is 0 Å². The molecule has 1 aromatic carbocycles. The number of nitrogens with zero attached hydrogens (tertiary/aromatic N) is 1. The van der Waals surface area contributed by atoms with E-state index < -0.39 is 0 Å². The summed E-state index contributed by atoms with van der Waals surface area (Å²) in [6.45, 7) is 2.05. The van der Waals surface area contributed by atoms with Crippen LogP contribution in [0, 0.1) is 11.7 Å². The van der Waals surface area contributed by atoms with Gasteiger partial charge < -0.3 is 9.64 Å². The first-order valence-electron chi connectivity index (χ1n) is 8.37. The number of amides is 1. The zero-order valence-corrected chi connectivity index (χ0v) is 13.0. The molecule has 0 N–H and O–H groups in total. The summed E-state index contributed by atoms with van der Waals surface area (Å²) < 4.78 is 18.8.